The van der Waals surface area contributed by atoms with Gasteiger partial charge in [-0.15, -0.1) is 0 Å². The van der Waals surface area contributed by atoms with Gasteiger partial charge >= 0.3 is 5.97 Å². The van der Waals surface area contributed by atoms with Crippen molar-refractivity contribution < 1.29 is 28.2 Å². The minimum Gasteiger partial charge on any atom is -0.491 e. The molecule has 0 aliphatic carbocycles. The first-order valence-corrected chi connectivity index (χ1v) is 7.81. The molecule has 2 atom stereocenters. The monoisotopic (exact) mass is 317 g/mol. The number of hydrogen-bond donors (Lipinski definition) is 3. The number of benzene rings is 1. The number of hydrogen-bond acceptors (Lipinski definition) is 5. The van der Waals surface area contributed by atoms with E-state index in [1.165, 1.54) is 31.2 Å². The molecule has 0 fully saturated rings. The zero-order chi connectivity index (χ0) is 16.2. The maximum atomic E-state index is 12.1. The summed E-state index contributed by atoms with van der Waals surface area (Å²) in [6.45, 7) is 4.87. The highest BCUT2D eigenvalue weighted by Crippen LogP contribution is 2.17. The van der Waals surface area contributed by atoms with Crippen LogP contribution in [-0.4, -0.2) is 42.8 Å². The van der Waals surface area contributed by atoms with Crippen LogP contribution in [0.4, 0.5) is 0 Å². The van der Waals surface area contributed by atoms with Crippen LogP contribution in [0.3, 0.4) is 0 Å². The van der Waals surface area contributed by atoms with Gasteiger partial charge < -0.3 is 14.9 Å². The fourth-order valence-electron chi connectivity index (χ4n) is 1.56. The van der Waals surface area contributed by atoms with E-state index < -0.39 is 28.1 Å². The Morgan fingerprint density at radius 1 is 1.19 bits per heavy atom. The molecule has 1 aromatic rings. The Labute approximate surface area is 123 Å². The predicted molar refractivity (Wildman–Crippen MR) is 75.6 cm³/mol. The largest absolute Gasteiger partial charge is 0.491 e. The summed E-state index contributed by atoms with van der Waals surface area (Å²) in [4.78, 5) is 10.8. The van der Waals surface area contributed by atoms with Gasteiger partial charge in [-0.3, -0.25) is 4.79 Å². The molecule has 1 aromatic carbocycles. The standard InChI is InChI=1S/C13H19NO6S/c1-8(2)20-10-4-6-11(7-5-10)21(18,19)14-12(9(3)15)13(16)17/h4-9,12,14-15H,1-3H3,(H,16,17)/t9-,12-/m0/s1. The van der Waals surface area contributed by atoms with Crippen LogP contribution in [0.2, 0.25) is 0 Å². The Bertz CT molecular complexity index is 579. The van der Waals surface area contributed by atoms with E-state index in [0.717, 1.165) is 0 Å². The molecule has 0 saturated heterocycles. The van der Waals surface area contributed by atoms with Crippen molar-refractivity contribution in [3.05, 3.63) is 24.3 Å². The molecular formula is C13H19NO6S. The zero-order valence-electron chi connectivity index (χ0n) is 12.0. The second kappa shape index (κ2) is 6.88. The van der Waals surface area contributed by atoms with Gasteiger partial charge in [0.05, 0.1) is 17.1 Å². The molecular weight excluding hydrogens is 298 g/mol. The van der Waals surface area contributed by atoms with Gasteiger partial charge in [0.25, 0.3) is 0 Å². The van der Waals surface area contributed by atoms with Crippen molar-refractivity contribution in [3.8, 4) is 5.75 Å². The van der Waals surface area contributed by atoms with Crippen LogP contribution in [0.15, 0.2) is 29.2 Å². The molecule has 0 saturated carbocycles. The number of aliphatic hydroxyl groups is 1. The molecule has 0 bridgehead atoms. The number of carbonyl (C=O) groups is 1. The fraction of sp³-hybridized carbons (Fsp3) is 0.462. The molecule has 0 amide bonds. The van der Waals surface area contributed by atoms with Crippen LogP contribution in [0.25, 0.3) is 0 Å². The average Bonchev–Trinajstić information content (AvgIpc) is 2.35. The quantitative estimate of drug-likeness (QED) is 0.678. The lowest BCUT2D eigenvalue weighted by atomic mass is 10.2. The van der Waals surface area contributed by atoms with Gasteiger partial charge in [0, 0.05) is 0 Å². The molecule has 0 radical (unpaired) electrons. The highest BCUT2D eigenvalue weighted by Gasteiger charge is 2.29. The summed E-state index contributed by atoms with van der Waals surface area (Å²) in [6, 6.07) is 3.96. The number of nitrogens with one attached hydrogen (secondary N) is 1. The molecule has 0 heterocycles. The Balaban J connectivity index is 2.95. The normalized spacial score (nSPS) is 14.7. The van der Waals surface area contributed by atoms with Crippen molar-refractivity contribution >= 4 is 16.0 Å². The van der Waals surface area contributed by atoms with E-state index in [0.29, 0.717) is 5.75 Å². The van der Waals surface area contributed by atoms with Gasteiger partial charge in [-0.1, -0.05) is 0 Å². The highest BCUT2D eigenvalue weighted by molar-refractivity contribution is 7.89. The van der Waals surface area contributed by atoms with E-state index in [-0.39, 0.29) is 11.0 Å². The van der Waals surface area contributed by atoms with Gasteiger partial charge in [0.1, 0.15) is 11.8 Å². The maximum Gasteiger partial charge on any atom is 0.324 e. The van der Waals surface area contributed by atoms with Crippen molar-refractivity contribution in [1.29, 1.82) is 0 Å². The number of aliphatic hydroxyl groups excluding tert-OH is 1. The van der Waals surface area contributed by atoms with Crippen molar-refractivity contribution in [1.82, 2.24) is 4.72 Å². The van der Waals surface area contributed by atoms with Crippen LogP contribution in [0.5, 0.6) is 5.75 Å². The predicted octanol–water partition coefficient (Wildman–Crippen LogP) is 0.586. The molecule has 118 valence electrons. The summed E-state index contributed by atoms with van der Waals surface area (Å²) < 4.78 is 31.5. The lowest BCUT2D eigenvalue weighted by molar-refractivity contribution is -0.141. The lowest BCUT2D eigenvalue weighted by Crippen LogP contribution is -2.47. The van der Waals surface area contributed by atoms with Crippen LogP contribution >= 0.6 is 0 Å². The van der Waals surface area contributed by atoms with E-state index in [4.69, 9.17) is 9.84 Å². The molecule has 21 heavy (non-hydrogen) atoms. The summed E-state index contributed by atoms with van der Waals surface area (Å²) in [5.41, 5.74) is 0. The van der Waals surface area contributed by atoms with Gasteiger partial charge in [-0.05, 0) is 45.0 Å². The van der Waals surface area contributed by atoms with E-state index >= 15 is 0 Å². The number of carboxylic acids is 1. The Morgan fingerprint density at radius 3 is 2.10 bits per heavy atom. The van der Waals surface area contributed by atoms with Crippen LogP contribution in [-0.2, 0) is 14.8 Å². The van der Waals surface area contributed by atoms with Crippen molar-refractivity contribution in [2.45, 2.75) is 43.9 Å². The van der Waals surface area contributed by atoms with E-state index in [1.54, 1.807) is 0 Å². The first kappa shape index (κ1) is 17.4. The van der Waals surface area contributed by atoms with Gasteiger partial charge in [-0.25, -0.2) is 8.42 Å². The second-order valence-corrected chi connectivity index (χ2v) is 6.53. The molecule has 0 spiro atoms. The summed E-state index contributed by atoms with van der Waals surface area (Å²) in [7, 11) is -4.04. The minimum atomic E-state index is -4.04. The van der Waals surface area contributed by atoms with Crippen LogP contribution < -0.4 is 9.46 Å². The molecule has 1 rings (SSSR count). The topological polar surface area (TPSA) is 113 Å². The van der Waals surface area contributed by atoms with E-state index in [9.17, 15) is 18.3 Å². The Morgan fingerprint density at radius 2 is 1.71 bits per heavy atom. The van der Waals surface area contributed by atoms with Crippen LogP contribution in [0, 0.1) is 0 Å². The molecule has 0 unspecified atom stereocenters. The molecule has 0 aromatic heterocycles. The Kier molecular flexibility index (Phi) is 5.70. The van der Waals surface area contributed by atoms with E-state index in [1.807, 2.05) is 18.6 Å². The van der Waals surface area contributed by atoms with Crippen molar-refractivity contribution in [2.75, 3.05) is 0 Å². The highest BCUT2D eigenvalue weighted by atomic mass is 32.2. The first-order chi connectivity index (χ1) is 9.63. The Hall–Kier alpha value is -1.64. The molecule has 0 aliphatic heterocycles. The fourth-order valence-corrected chi connectivity index (χ4v) is 2.82. The number of ether oxygens (including phenoxy) is 1. The smallest absolute Gasteiger partial charge is 0.324 e. The van der Waals surface area contributed by atoms with Crippen LogP contribution in [0.1, 0.15) is 20.8 Å². The molecule has 7 nitrogen and oxygen atoms in total. The third kappa shape index (κ3) is 5.00. The summed E-state index contributed by atoms with van der Waals surface area (Å²) >= 11 is 0. The third-order valence-electron chi connectivity index (χ3n) is 2.54. The van der Waals surface area contributed by atoms with E-state index in [2.05, 4.69) is 0 Å². The SMILES string of the molecule is CC(C)Oc1ccc(S(=O)(=O)N[C@H](C(=O)O)[C@H](C)O)cc1. The maximum absolute atomic E-state index is 12.1. The second-order valence-electron chi connectivity index (χ2n) is 4.82. The summed E-state index contributed by atoms with van der Waals surface area (Å²) in [6.07, 6.45) is -1.40. The summed E-state index contributed by atoms with van der Waals surface area (Å²) in [5, 5.41) is 18.2. The van der Waals surface area contributed by atoms with Gasteiger partial charge in [0.2, 0.25) is 10.0 Å². The average molecular weight is 317 g/mol. The number of aliphatic carboxylic acids is 1. The lowest BCUT2D eigenvalue weighted by Gasteiger charge is -2.17. The number of sulfonamides is 1. The van der Waals surface area contributed by atoms with Gasteiger partial charge in [-0.2, -0.15) is 4.72 Å². The van der Waals surface area contributed by atoms with Crippen molar-refractivity contribution in [3.63, 3.8) is 0 Å². The molecule has 3 N–H and O–H groups in total. The first-order valence-electron chi connectivity index (χ1n) is 6.33. The zero-order valence-corrected chi connectivity index (χ0v) is 12.8. The third-order valence-corrected chi connectivity index (χ3v) is 3.99. The molecule has 0 aliphatic rings. The molecule has 8 heteroatoms. The number of rotatable bonds is 7. The van der Waals surface area contributed by atoms with Crippen molar-refractivity contribution in [2.24, 2.45) is 0 Å². The summed E-state index contributed by atoms with van der Waals surface area (Å²) in [5.74, 6) is -0.942. The minimum absolute atomic E-state index is 0.0442. The number of carboxylic acid groups (broad SMARTS) is 1. The van der Waals surface area contributed by atoms with Gasteiger partial charge in [0.15, 0.2) is 0 Å².